The minimum absolute atomic E-state index is 0.107. The molecule has 0 spiro atoms. The highest BCUT2D eigenvalue weighted by Crippen LogP contribution is 2.17. The average Bonchev–Trinajstić information content (AvgIpc) is 3.28. The van der Waals surface area contributed by atoms with Crippen LogP contribution in [-0.4, -0.2) is 63.2 Å². The molecule has 2 aromatic carbocycles. The molecule has 2 aromatic heterocycles. The second-order valence-electron chi connectivity index (χ2n) is 9.73. The maximum atomic E-state index is 13.2. The zero-order valence-corrected chi connectivity index (χ0v) is 21.2. The molecule has 1 saturated heterocycles. The molecule has 1 aliphatic rings. The van der Waals surface area contributed by atoms with E-state index < -0.39 is 0 Å². The van der Waals surface area contributed by atoms with Gasteiger partial charge < -0.3 is 4.90 Å². The molecule has 1 aliphatic heterocycles. The number of imidazole rings is 1. The lowest BCUT2D eigenvalue weighted by molar-refractivity contribution is 0.0993. The highest BCUT2D eigenvalue weighted by molar-refractivity contribution is 5.98. The van der Waals surface area contributed by atoms with E-state index in [2.05, 4.69) is 63.8 Å². The molecule has 6 heteroatoms. The quantitative estimate of drug-likeness (QED) is 0.322. The van der Waals surface area contributed by atoms with Crippen molar-refractivity contribution in [1.82, 2.24) is 24.2 Å². The first-order valence-corrected chi connectivity index (χ1v) is 12.4. The third kappa shape index (κ3) is 5.54. The number of carbonyl (C=O) groups excluding carboxylic acids is 1. The minimum atomic E-state index is 0.107. The number of Topliss-reactive ketones (excluding diaryl/α,β-unsaturated/α-hetero) is 1. The summed E-state index contributed by atoms with van der Waals surface area (Å²) in [7, 11) is 2.17. The van der Waals surface area contributed by atoms with Gasteiger partial charge in [-0.25, -0.2) is 4.98 Å². The topological polar surface area (TPSA) is 53.7 Å². The van der Waals surface area contributed by atoms with Crippen LogP contribution in [0.15, 0.2) is 61.2 Å². The summed E-state index contributed by atoms with van der Waals surface area (Å²) in [6.45, 7) is 9.42. The molecule has 3 heterocycles. The van der Waals surface area contributed by atoms with Gasteiger partial charge in [0.25, 0.3) is 0 Å². The van der Waals surface area contributed by atoms with E-state index in [1.54, 1.807) is 18.6 Å². The molecule has 0 bridgehead atoms. The minimum Gasteiger partial charge on any atom is -0.304 e. The van der Waals surface area contributed by atoms with Crippen LogP contribution in [0.5, 0.6) is 0 Å². The number of carbonyl (C=O) groups is 1. The summed E-state index contributed by atoms with van der Waals surface area (Å²) in [5.74, 6) is 6.55. The van der Waals surface area contributed by atoms with Crippen molar-refractivity contribution in [2.24, 2.45) is 0 Å². The smallest absolute Gasteiger partial charge is 0.167 e. The van der Waals surface area contributed by atoms with Gasteiger partial charge in [-0.05, 0) is 49.6 Å². The number of rotatable bonds is 5. The SMILES string of the molecule is Cc1cc(CC(=O)c2ccc(C)c(C#Cc3cnc4cnccn34)c2)cc(CN2CCN(C)CC2)c1. The third-order valence-electron chi connectivity index (χ3n) is 6.77. The predicted molar refractivity (Wildman–Crippen MR) is 142 cm³/mol. The van der Waals surface area contributed by atoms with Gasteiger partial charge in [-0.2, -0.15) is 0 Å². The fraction of sp³-hybridized carbons (Fsp3) is 0.300. The molecule has 0 atom stereocenters. The monoisotopic (exact) mass is 477 g/mol. The number of hydrogen-bond acceptors (Lipinski definition) is 5. The first kappa shape index (κ1) is 23.9. The van der Waals surface area contributed by atoms with Crippen LogP contribution < -0.4 is 0 Å². The van der Waals surface area contributed by atoms with Crippen molar-refractivity contribution in [3.05, 3.63) is 100 Å². The van der Waals surface area contributed by atoms with Crippen molar-refractivity contribution >= 4 is 11.4 Å². The van der Waals surface area contributed by atoms with Crippen LogP contribution in [0.3, 0.4) is 0 Å². The van der Waals surface area contributed by atoms with Gasteiger partial charge >= 0.3 is 0 Å². The van der Waals surface area contributed by atoms with Crippen LogP contribution in [0.25, 0.3) is 5.65 Å². The Balaban J connectivity index is 1.32. The van der Waals surface area contributed by atoms with Crippen LogP contribution in [0.4, 0.5) is 0 Å². The number of ketones is 1. The van der Waals surface area contributed by atoms with Gasteiger partial charge in [0.15, 0.2) is 11.4 Å². The molecule has 1 fully saturated rings. The third-order valence-corrected chi connectivity index (χ3v) is 6.77. The summed E-state index contributed by atoms with van der Waals surface area (Å²) in [6, 6.07) is 12.4. The van der Waals surface area contributed by atoms with Crippen molar-refractivity contribution in [2.75, 3.05) is 33.2 Å². The number of nitrogens with zero attached hydrogens (tertiary/aromatic N) is 5. The number of piperazine rings is 1. The second-order valence-corrected chi connectivity index (χ2v) is 9.73. The highest BCUT2D eigenvalue weighted by atomic mass is 16.1. The number of hydrogen-bond donors (Lipinski definition) is 0. The van der Waals surface area contributed by atoms with Gasteiger partial charge in [0.05, 0.1) is 12.4 Å². The molecule has 182 valence electrons. The Morgan fingerprint density at radius 3 is 2.61 bits per heavy atom. The molecular formula is C30H31N5O. The Morgan fingerprint density at radius 2 is 1.78 bits per heavy atom. The second kappa shape index (κ2) is 10.4. The van der Waals surface area contributed by atoms with E-state index in [4.69, 9.17) is 0 Å². The van der Waals surface area contributed by atoms with Crippen molar-refractivity contribution < 1.29 is 4.79 Å². The largest absolute Gasteiger partial charge is 0.304 e. The molecular weight excluding hydrogens is 446 g/mol. The van der Waals surface area contributed by atoms with Gasteiger partial charge in [0.2, 0.25) is 0 Å². The van der Waals surface area contributed by atoms with Crippen LogP contribution in [0.1, 0.15) is 43.9 Å². The molecule has 6 nitrogen and oxygen atoms in total. The lowest BCUT2D eigenvalue weighted by Crippen LogP contribution is -2.43. The summed E-state index contributed by atoms with van der Waals surface area (Å²) in [6.07, 6.45) is 7.39. The lowest BCUT2D eigenvalue weighted by atomic mass is 9.97. The van der Waals surface area contributed by atoms with Gasteiger partial charge in [0, 0.05) is 62.7 Å². The normalized spacial score (nSPS) is 14.5. The molecule has 0 radical (unpaired) electrons. The summed E-state index contributed by atoms with van der Waals surface area (Å²) >= 11 is 0. The average molecular weight is 478 g/mol. The maximum absolute atomic E-state index is 13.2. The van der Waals surface area contributed by atoms with Crippen molar-refractivity contribution in [3.63, 3.8) is 0 Å². The lowest BCUT2D eigenvalue weighted by Gasteiger charge is -2.32. The van der Waals surface area contributed by atoms with Gasteiger partial charge in [-0.1, -0.05) is 41.8 Å². The molecule has 36 heavy (non-hydrogen) atoms. The molecule has 5 rings (SSSR count). The van der Waals surface area contributed by atoms with Crippen LogP contribution >= 0.6 is 0 Å². The Hall–Kier alpha value is -3.79. The molecule has 0 amide bonds. The van der Waals surface area contributed by atoms with E-state index in [-0.39, 0.29) is 5.78 Å². The van der Waals surface area contributed by atoms with Crippen molar-refractivity contribution in [2.45, 2.75) is 26.8 Å². The first-order valence-electron chi connectivity index (χ1n) is 12.4. The van der Waals surface area contributed by atoms with Crippen molar-refractivity contribution in [3.8, 4) is 11.8 Å². The van der Waals surface area contributed by atoms with Gasteiger partial charge in [-0.3, -0.25) is 19.1 Å². The predicted octanol–water partition coefficient (Wildman–Crippen LogP) is 3.92. The van der Waals surface area contributed by atoms with Gasteiger partial charge in [-0.15, -0.1) is 0 Å². The van der Waals surface area contributed by atoms with Crippen molar-refractivity contribution in [1.29, 1.82) is 0 Å². The Kier molecular flexibility index (Phi) is 6.95. The standard InChI is InChI=1S/C30H31N5O/c1-22-14-24(16-25(15-22)21-34-12-10-33(3)11-13-34)17-29(36)27-5-4-23(2)26(18-27)6-7-28-19-32-30-20-31-8-9-35(28)30/h4-5,8-9,14-16,18-20H,10-13,17,21H2,1-3H3. The molecule has 0 saturated carbocycles. The summed E-state index contributed by atoms with van der Waals surface area (Å²) in [4.78, 5) is 26.5. The Labute approximate surface area is 212 Å². The molecule has 0 N–H and O–H groups in total. The summed E-state index contributed by atoms with van der Waals surface area (Å²) in [5.41, 5.74) is 7.67. The number of aromatic nitrogens is 3. The highest BCUT2D eigenvalue weighted by Gasteiger charge is 2.15. The Morgan fingerprint density at radius 1 is 0.972 bits per heavy atom. The van der Waals surface area contributed by atoms with Crippen LogP contribution in [0, 0.1) is 25.7 Å². The summed E-state index contributed by atoms with van der Waals surface area (Å²) < 4.78 is 1.90. The van der Waals surface area contributed by atoms with E-state index in [0.717, 1.165) is 60.8 Å². The number of fused-ring (bicyclic) bond motifs is 1. The zero-order chi connectivity index (χ0) is 25.1. The van der Waals surface area contributed by atoms with Crippen LogP contribution in [0.2, 0.25) is 0 Å². The molecule has 0 unspecified atom stereocenters. The fourth-order valence-corrected chi connectivity index (χ4v) is 4.69. The van der Waals surface area contributed by atoms with E-state index in [9.17, 15) is 4.79 Å². The van der Waals surface area contributed by atoms with Crippen LogP contribution in [-0.2, 0) is 13.0 Å². The fourth-order valence-electron chi connectivity index (χ4n) is 4.69. The Bertz CT molecular complexity index is 1470. The van der Waals surface area contributed by atoms with Gasteiger partial charge in [0.1, 0.15) is 5.69 Å². The maximum Gasteiger partial charge on any atom is 0.167 e. The molecule has 4 aromatic rings. The number of likely N-dealkylation sites (N-methyl/N-ethyl adjacent to an activating group) is 1. The molecule has 0 aliphatic carbocycles. The number of aryl methyl sites for hydroxylation is 2. The number of benzene rings is 2. The summed E-state index contributed by atoms with van der Waals surface area (Å²) in [5, 5.41) is 0. The first-order chi connectivity index (χ1) is 17.4. The zero-order valence-electron chi connectivity index (χ0n) is 21.2. The van der Waals surface area contributed by atoms with E-state index >= 15 is 0 Å². The van der Waals surface area contributed by atoms with E-state index in [1.165, 1.54) is 11.1 Å². The van der Waals surface area contributed by atoms with E-state index in [1.807, 2.05) is 35.7 Å². The van der Waals surface area contributed by atoms with E-state index in [0.29, 0.717) is 12.0 Å².